The molecule has 3 heteroatoms. The number of nitrogens with two attached hydrogens (primary N) is 1. The number of nitrogens with zero attached hydrogens (tertiary/aromatic N) is 1. The van der Waals surface area contributed by atoms with Crippen molar-refractivity contribution in [2.45, 2.75) is 6.04 Å². The van der Waals surface area contributed by atoms with Gasteiger partial charge in [0.1, 0.15) is 0 Å². The third-order valence-electron chi connectivity index (χ3n) is 0.619. The maximum atomic E-state index is 5.37. The molecule has 0 spiro atoms. The molecular weight excluding hydrogens is 168 g/mol. The average molecular weight is 177 g/mol. The second kappa shape index (κ2) is 5.00. The number of hydrogen-bond donors (Lipinski definition) is 1. The fraction of sp³-hybridized carbons (Fsp3) is 0.400. The number of rotatable bonds is 3. The first kappa shape index (κ1) is 7.85. The maximum Gasteiger partial charge on any atom is 0.0937 e. The van der Waals surface area contributed by atoms with E-state index < -0.39 is 0 Å². The normalized spacial score (nSPS) is 14.2. The third kappa shape index (κ3) is 4.02. The highest BCUT2D eigenvalue weighted by molar-refractivity contribution is 9.09. The van der Waals surface area contributed by atoms with Crippen molar-refractivity contribution in [1.82, 2.24) is 0 Å². The fourth-order valence-corrected chi connectivity index (χ4v) is 0.390. The van der Waals surface area contributed by atoms with Crippen LogP contribution in [-0.4, -0.2) is 17.7 Å². The van der Waals surface area contributed by atoms with Crippen LogP contribution in [0.4, 0.5) is 0 Å². The second-order valence-electron chi connectivity index (χ2n) is 1.26. The Labute approximate surface area is 57.6 Å². The lowest BCUT2D eigenvalue weighted by Gasteiger charge is -1.91. The molecule has 0 radical (unpaired) electrons. The molecule has 2 nitrogen and oxygen atoms in total. The van der Waals surface area contributed by atoms with Gasteiger partial charge in [0.2, 0.25) is 0 Å². The highest BCUT2D eigenvalue weighted by Gasteiger charge is 1.84. The molecule has 0 aliphatic heterocycles. The van der Waals surface area contributed by atoms with Gasteiger partial charge in [0.25, 0.3) is 0 Å². The zero-order valence-corrected chi connectivity index (χ0v) is 6.13. The molecular formula is C5H9BrN2. The van der Waals surface area contributed by atoms with E-state index >= 15 is 0 Å². The van der Waals surface area contributed by atoms with Crippen LogP contribution in [0.3, 0.4) is 0 Å². The first-order chi connectivity index (χ1) is 3.81. The van der Waals surface area contributed by atoms with E-state index in [1.165, 1.54) is 0 Å². The van der Waals surface area contributed by atoms with Gasteiger partial charge in [-0.25, -0.2) is 0 Å². The topological polar surface area (TPSA) is 38.4 Å². The Morgan fingerprint density at radius 2 is 2.50 bits per heavy atom. The minimum atomic E-state index is -0.104. The molecule has 0 aliphatic rings. The van der Waals surface area contributed by atoms with Crippen LogP contribution in [-0.2, 0) is 0 Å². The Bertz CT molecular complexity index is 90.4. The molecule has 1 unspecified atom stereocenters. The molecule has 0 aromatic carbocycles. The minimum absolute atomic E-state index is 0.104. The van der Waals surface area contributed by atoms with Crippen LogP contribution in [0.25, 0.3) is 0 Å². The summed E-state index contributed by atoms with van der Waals surface area (Å²) >= 11 is 3.12. The summed E-state index contributed by atoms with van der Waals surface area (Å²) in [7, 11) is 0. The minimum Gasteiger partial charge on any atom is -0.320 e. The Hall–Kier alpha value is -0.150. The molecule has 0 heterocycles. The van der Waals surface area contributed by atoms with Gasteiger partial charge >= 0.3 is 0 Å². The van der Waals surface area contributed by atoms with Crippen molar-refractivity contribution in [2.24, 2.45) is 10.7 Å². The van der Waals surface area contributed by atoms with Crippen molar-refractivity contribution in [3.8, 4) is 0 Å². The third-order valence-corrected chi connectivity index (χ3v) is 0.908. The van der Waals surface area contributed by atoms with Crippen molar-refractivity contribution in [1.29, 1.82) is 0 Å². The van der Waals surface area contributed by atoms with E-state index in [0.29, 0.717) is 5.45 Å². The molecule has 0 rings (SSSR count). The van der Waals surface area contributed by atoms with Crippen LogP contribution < -0.4 is 5.73 Å². The van der Waals surface area contributed by atoms with E-state index in [9.17, 15) is 0 Å². The van der Waals surface area contributed by atoms with Gasteiger partial charge in [0.15, 0.2) is 0 Å². The lowest BCUT2D eigenvalue weighted by atomic mass is 10.3. The van der Waals surface area contributed by atoms with Crippen LogP contribution in [0.1, 0.15) is 0 Å². The molecule has 0 bridgehead atoms. The zero-order valence-electron chi connectivity index (χ0n) is 4.55. The summed E-state index contributed by atoms with van der Waals surface area (Å²) < 4.78 is 0. The molecule has 8 heavy (non-hydrogen) atoms. The molecule has 0 saturated heterocycles. The molecule has 0 fully saturated rings. The average Bonchev–Trinajstić information content (AvgIpc) is 1.83. The smallest absolute Gasteiger partial charge is 0.0937 e. The Balaban J connectivity index is 3.35. The van der Waals surface area contributed by atoms with Gasteiger partial charge in [-0.05, 0) is 0 Å². The molecule has 0 aliphatic carbocycles. The summed E-state index contributed by atoms with van der Waals surface area (Å²) in [4.78, 5) is 3.84. The van der Waals surface area contributed by atoms with Gasteiger partial charge in [0.05, 0.1) is 11.5 Å². The first-order valence-electron chi connectivity index (χ1n) is 2.25. The van der Waals surface area contributed by atoms with Crippen molar-refractivity contribution in [2.75, 3.05) is 5.45 Å². The van der Waals surface area contributed by atoms with Crippen molar-refractivity contribution in [3.05, 3.63) is 12.7 Å². The van der Waals surface area contributed by atoms with E-state index in [1.807, 2.05) is 0 Å². The highest BCUT2D eigenvalue weighted by atomic mass is 79.9. The fourth-order valence-electron chi connectivity index (χ4n) is 0.222. The van der Waals surface area contributed by atoms with Crippen molar-refractivity contribution < 1.29 is 0 Å². The van der Waals surface area contributed by atoms with Crippen LogP contribution in [0.5, 0.6) is 0 Å². The standard InChI is InChI=1S/C5H9BrN2/c1-2-5(7)3-8-4-6/h2-3,5H,1,4,7H2. The number of hydrogen-bond acceptors (Lipinski definition) is 2. The molecule has 0 saturated carbocycles. The lowest BCUT2D eigenvalue weighted by Crippen LogP contribution is -2.17. The van der Waals surface area contributed by atoms with Crippen molar-refractivity contribution >= 4 is 22.1 Å². The van der Waals surface area contributed by atoms with E-state index in [0.717, 1.165) is 0 Å². The van der Waals surface area contributed by atoms with Crippen LogP contribution in [0, 0.1) is 0 Å². The van der Waals surface area contributed by atoms with E-state index in [2.05, 4.69) is 27.5 Å². The van der Waals surface area contributed by atoms with Crippen LogP contribution in [0.2, 0.25) is 0 Å². The first-order valence-corrected chi connectivity index (χ1v) is 3.37. The highest BCUT2D eigenvalue weighted by Crippen LogP contribution is 1.79. The Kier molecular flexibility index (Phi) is 4.90. The monoisotopic (exact) mass is 176 g/mol. The van der Waals surface area contributed by atoms with Gasteiger partial charge in [-0.1, -0.05) is 22.0 Å². The quantitative estimate of drug-likeness (QED) is 0.296. The van der Waals surface area contributed by atoms with E-state index in [1.54, 1.807) is 12.3 Å². The number of aliphatic imine (C=N–C) groups is 1. The summed E-state index contributed by atoms with van der Waals surface area (Å²) in [6.07, 6.45) is 3.27. The van der Waals surface area contributed by atoms with E-state index in [-0.39, 0.29) is 6.04 Å². The van der Waals surface area contributed by atoms with Gasteiger partial charge in [-0.3, -0.25) is 4.99 Å². The predicted molar refractivity (Wildman–Crippen MR) is 40.5 cm³/mol. The summed E-state index contributed by atoms with van der Waals surface area (Å²) in [6.45, 7) is 3.48. The zero-order chi connectivity index (χ0) is 6.41. The molecule has 0 amide bonds. The maximum absolute atomic E-state index is 5.37. The lowest BCUT2D eigenvalue weighted by molar-refractivity contribution is 1.10. The summed E-state index contributed by atoms with van der Waals surface area (Å²) in [5, 5.41) is 0. The number of halogens is 1. The second-order valence-corrected chi connectivity index (χ2v) is 1.77. The summed E-state index contributed by atoms with van der Waals surface area (Å²) in [5.74, 6) is 0. The van der Waals surface area contributed by atoms with Crippen LogP contribution >= 0.6 is 15.9 Å². The molecule has 46 valence electrons. The molecule has 2 N–H and O–H groups in total. The SMILES string of the molecule is C=CC(N)C=NCBr. The predicted octanol–water partition coefficient (Wildman–Crippen LogP) is 0.923. The van der Waals surface area contributed by atoms with Crippen molar-refractivity contribution in [3.63, 3.8) is 0 Å². The van der Waals surface area contributed by atoms with E-state index in [4.69, 9.17) is 5.73 Å². The largest absolute Gasteiger partial charge is 0.320 e. The molecule has 0 aromatic rings. The van der Waals surface area contributed by atoms with Crippen LogP contribution in [0.15, 0.2) is 17.6 Å². The van der Waals surface area contributed by atoms with Gasteiger partial charge in [-0.2, -0.15) is 0 Å². The molecule has 0 aromatic heterocycles. The number of alkyl halides is 1. The summed E-state index contributed by atoms with van der Waals surface area (Å²) in [5.41, 5.74) is 5.98. The van der Waals surface area contributed by atoms with Gasteiger partial charge in [0, 0.05) is 6.21 Å². The summed E-state index contributed by atoms with van der Waals surface area (Å²) in [6, 6.07) is -0.104. The molecule has 1 atom stereocenters. The Morgan fingerprint density at radius 1 is 1.88 bits per heavy atom. The van der Waals surface area contributed by atoms with Gasteiger partial charge < -0.3 is 5.73 Å². The van der Waals surface area contributed by atoms with Gasteiger partial charge in [-0.15, -0.1) is 6.58 Å². The Morgan fingerprint density at radius 3 is 2.88 bits per heavy atom.